The molecule has 0 saturated carbocycles. The minimum Gasteiger partial charge on any atom is -0.505 e. The summed E-state index contributed by atoms with van der Waals surface area (Å²) in [5.74, 6) is -2.78. The molecule has 35 heavy (non-hydrogen) atoms. The van der Waals surface area contributed by atoms with Gasteiger partial charge < -0.3 is 19.8 Å². The van der Waals surface area contributed by atoms with Crippen LogP contribution in [0.3, 0.4) is 0 Å². The fourth-order valence-electron chi connectivity index (χ4n) is 3.70. The largest absolute Gasteiger partial charge is 0.505 e. The second-order valence-electron chi connectivity index (χ2n) is 8.08. The Kier molecular flexibility index (Phi) is 7.00. The molecule has 0 atom stereocenters. The van der Waals surface area contributed by atoms with Gasteiger partial charge in [-0.05, 0) is 41.8 Å². The predicted octanol–water partition coefficient (Wildman–Crippen LogP) is 4.00. The molecule has 0 aliphatic carbocycles. The monoisotopic (exact) mass is 515 g/mol. The summed E-state index contributed by atoms with van der Waals surface area (Å²) in [6.07, 6.45) is 0.861. The van der Waals surface area contributed by atoms with E-state index in [1.165, 1.54) is 12.1 Å². The molecule has 1 aliphatic heterocycles. The molecular weight excluding hydrogens is 494 g/mol. The Morgan fingerprint density at radius 2 is 1.71 bits per heavy atom. The van der Waals surface area contributed by atoms with Crippen LogP contribution < -0.4 is 4.74 Å². The molecule has 0 aromatic heterocycles. The molecule has 4 rings (SSSR count). The Bertz CT molecular complexity index is 1390. The second kappa shape index (κ2) is 9.97. The van der Waals surface area contributed by atoms with Gasteiger partial charge in [-0.15, -0.1) is 0 Å². The van der Waals surface area contributed by atoms with Crippen LogP contribution in [0.15, 0.2) is 65.6 Å². The summed E-state index contributed by atoms with van der Waals surface area (Å²) in [6.45, 7) is 0.473. The molecule has 3 aromatic carbocycles. The van der Waals surface area contributed by atoms with Crippen molar-refractivity contribution in [2.45, 2.75) is 17.1 Å². The summed E-state index contributed by atoms with van der Waals surface area (Å²) in [6, 6.07) is 16.4. The number of ether oxygens (including phenoxy) is 1. The Labute approximate surface area is 207 Å². The predicted molar refractivity (Wildman–Crippen MR) is 130 cm³/mol. The number of likely N-dealkylation sites (tertiary alicyclic amines) is 1. The number of amides is 1. The van der Waals surface area contributed by atoms with Gasteiger partial charge in [-0.25, -0.2) is 13.2 Å². The molecule has 1 fully saturated rings. The van der Waals surface area contributed by atoms with Crippen LogP contribution in [0.4, 0.5) is 0 Å². The number of sulfone groups is 1. The zero-order valence-corrected chi connectivity index (χ0v) is 20.1. The van der Waals surface area contributed by atoms with Crippen LogP contribution in [-0.2, 0) is 20.4 Å². The highest BCUT2D eigenvalue weighted by atomic mass is 35.5. The fourth-order valence-corrected chi connectivity index (χ4v) is 5.48. The number of phenols is 1. The summed E-state index contributed by atoms with van der Waals surface area (Å²) >= 11 is 6.08. The van der Waals surface area contributed by atoms with Gasteiger partial charge in [-0.2, -0.15) is 0 Å². The highest BCUT2D eigenvalue weighted by molar-refractivity contribution is 7.90. The number of hydrogen-bond acceptors (Lipinski definition) is 6. The summed E-state index contributed by atoms with van der Waals surface area (Å²) < 4.78 is 32.2. The summed E-state index contributed by atoms with van der Waals surface area (Å²) in [5.41, 5.74) is 1.78. The van der Waals surface area contributed by atoms with E-state index in [1.54, 1.807) is 17.0 Å². The van der Waals surface area contributed by atoms with Crippen molar-refractivity contribution in [3.63, 3.8) is 0 Å². The van der Waals surface area contributed by atoms with Gasteiger partial charge in [-0.3, -0.25) is 4.79 Å². The lowest BCUT2D eigenvalue weighted by Crippen LogP contribution is -2.42. The van der Waals surface area contributed by atoms with Gasteiger partial charge in [0.1, 0.15) is 10.6 Å². The molecule has 1 amide bonds. The second-order valence-corrected chi connectivity index (χ2v) is 10.4. The molecule has 182 valence electrons. The van der Waals surface area contributed by atoms with E-state index in [0.29, 0.717) is 18.7 Å². The SMILES string of the molecule is O=C(O)COc1ccc(-c2ccccc2)cc1CS(=O)(=O)c1cc(C(=O)N2CCC2)cc(Cl)c1O. The van der Waals surface area contributed by atoms with E-state index in [0.717, 1.165) is 18.1 Å². The number of halogens is 1. The standard InChI is InChI=1S/C25H22ClNO7S/c26-20-12-18(25(31)27-9-4-10-27)13-22(24(20)30)35(32,33)15-19-11-17(16-5-2-1-3-6-16)7-8-21(19)34-14-23(28)29/h1-3,5-8,11-13,30H,4,9-10,14-15H2,(H,28,29). The van der Waals surface area contributed by atoms with Crippen molar-refractivity contribution >= 4 is 33.3 Å². The molecule has 1 aliphatic rings. The molecule has 2 N–H and O–H groups in total. The first-order valence-electron chi connectivity index (χ1n) is 10.7. The van der Waals surface area contributed by atoms with Gasteiger partial charge in [-0.1, -0.05) is 48.0 Å². The Hall–Kier alpha value is -3.56. The van der Waals surface area contributed by atoms with E-state index in [4.69, 9.17) is 21.4 Å². The number of benzene rings is 3. The molecule has 0 unspecified atom stereocenters. The maximum Gasteiger partial charge on any atom is 0.341 e. The molecule has 0 spiro atoms. The van der Waals surface area contributed by atoms with Crippen LogP contribution in [-0.4, -0.2) is 55.1 Å². The maximum atomic E-state index is 13.4. The van der Waals surface area contributed by atoms with Gasteiger partial charge in [0, 0.05) is 24.2 Å². The third-order valence-electron chi connectivity index (χ3n) is 5.62. The lowest BCUT2D eigenvalue weighted by atomic mass is 10.0. The maximum absolute atomic E-state index is 13.4. The molecule has 1 heterocycles. The van der Waals surface area contributed by atoms with Crippen molar-refractivity contribution in [3.8, 4) is 22.6 Å². The van der Waals surface area contributed by atoms with E-state index in [2.05, 4.69) is 0 Å². The van der Waals surface area contributed by atoms with Crippen LogP contribution >= 0.6 is 11.6 Å². The summed E-state index contributed by atoms with van der Waals surface area (Å²) in [7, 11) is -4.23. The van der Waals surface area contributed by atoms with Crippen molar-refractivity contribution in [1.82, 2.24) is 4.90 Å². The van der Waals surface area contributed by atoms with Gasteiger partial charge in [0.15, 0.2) is 22.2 Å². The van der Waals surface area contributed by atoms with Crippen molar-refractivity contribution in [3.05, 3.63) is 76.8 Å². The highest BCUT2D eigenvalue weighted by Crippen LogP contribution is 2.36. The third-order valence-corrected chi connectivity index (χ3v) is 7.58. The van der Waals surface area contributed by atoms with E-state index in [9.17, 15) is 23.1 Å². The molecule has 3 aromatic rings. The number of carbonyl (C=O) groups excluding carboxylic acids is 1. The first-order chi connectivity index (χ1) is 16.7. The number of hydrogen-bond donors (Lipinski definition) is 2. The van der Waals surface area contributed by atoms with Crippen LogP contribution in [0.2, 0.25) is 5.02 Å². The average Bonchev–Trinajstić information content (AvgIpc) is 2.78. The van der Waals surface area contributed by atoms with E-state index in [1.807, 2.05) is 30.3 Å². The zero-order valence-electron chi connectivity index (χ0n) is 18.5. The number of carbonyl (C=O) groups is 2. The van der Waals surface area contributed by atoms with E-state index in [-0.39, 0.29) is 27.8 Å². The first-order valence-corrected chi connectivity index (χ1v) is 12.8. The number of aromatic hydroxyl groups is 1. The topological polar surface area (TPSA) is 121 Å². The van der Waals surface area contributed by atoms with Crippen LogP contribution in [0.1, 0.15) is 22.3 Å². The lowest BCUT2D eigenvalue weighted by Gasteiger charge is -2.31. The quantitative estimate of drug-likeness (QED) is 0.465. The van der Waals surface area contributed by atoms with Crippen molar-refractivity contribution in [2.24, 2.45) is 0 Å². The Morgan fingerprint density at radius 1 is 1.00 bits per heavy atom. The molecule has 0 radical (unpaired) electrons. The Balaban J connectivity index is 1.74. The van der Waals surface area contributed by atoms with Crippen LogP contribution in [0, 0.1) is 0 Å². The molecule has 8 nitrogen and oxygen atoms in total. The number of carboxylic acid groups (broad SMARTS) is 1. The zero-order chi connectivity index (χ0) is 25.2. The van der Waals surface area contributed by atoms with Gasteiger partial charge in [0.2, 0.25) is 0 Å². The first kappa shape index (κ1) is 24.6. The number of nitrogens with zero attached hydrogens (tertiary/aromatic N) is 1. The van der Waals surface area contributed by atoms with Crippen LogP contribution in [0.5, 0.6) is 11.5 Å². The Morgan fingerprint density at radius 3 is 2.34 bits per heavy atom. The highest BCUT2D eigenvalue weighted by Gasteiger charge is 2.28. The van der Waals surface area contributed by atoms with Crippen molar-refractivity contribution < 1.29 is 33.0 Å². The van der Waals surface area contributed by atoms with E-state index < -0.39 is 38.8 Å². The third kappa shape index (κ3) is 5.41. The van der Waals surface area contributed by atoms with Crippen LogP contribution in [0.25, 0.3) is 11.1 Å². The molecular formula is C25H22ClNO7S. The summed E-state index contributed by atoms with van der Waals surface area (Å²) in [4.78, 5) is 24.7. The van der Waals surface area contributed by atoms with Gasteiger partial charge >= 0.3 is 5.97 Å². The number of rotatable bonds is 8. The number of carboxylic acids is 1. The smallest absolute Gasteiger partial charge is 0.341 e. The normalized spacial score (nSPS) is 13.2. The molecule has 10 heteroatoms. The average molecular weight is 516 g/mol. The fraction of sp³-hybridized carbons (Fsp3) is 0.200. The summed E-state index contributed by atoms with van der Waals surface area (Å²) in [5, 5.41) is 19.2. The van der Waals surface area contributed by atoms with E-state index >= 15 is 0 Å². The van der Waals surface area contributed by atoms with Crippen molar-refractivity contribution in [2.75, 3.05) is 19.7 Å². The number of aliphatic carboxylic acids is 1. The molecule has 1 saturated heterocycles. The lowest BCUT2D eigenvalue weighted by molar-refractivity contribution is -0.139. The number of phenolic OH excluding ortho intramolecular Hbond substituents is 1. The molecule has 0 bridgehead atoms. The van der Waals surface area contributed by atoms with Crippen molar-refractivity contribution in [1.29, 1.82) is 0 Å². The minimum atomic E-state index is -4.23. The van der Waals surface area contributed by atoms with Gasteiger partial charge in [0.05, 0.1) is 10.8 Å². The minimum absolute atomic E-state index is 0.0615. The van der Waals surface area contributed by atoms with Gasteiger partial charge in [0.25, 0.3) is 5.91 Å².